The standard InChI is InChI=1S/C19H31N3/c1-3-4-10-21-11-6-5-9-18(21)17-15-20-19(14-16(17)2)22-12-7-8-13-22/h14-15,18H,3-13H2,1-2H3/t18-/m1/s1. The number of likely N-dealkylation sites (tertiary alicyclic amines) is 1. The molecule has 2 saturated heterocycles. The van der Waals surface area contributed by atoms with E-state index in [2.05, 4.69) is 35.9 Å². The fraction of sp³-hybridized carbons (Fsp3) is 0.737. The van der Waals surface area contributed by atoms with Gasteiger partial charge in [0.15, 0.2) is 0 Å². The third-order valence-electron chi connectivity index (χ3n) is 5.34. The predicted octanol–water partition coefficient (Wildman–Crippen LogP) is 4.32. The zero-order valence-electron chi connectivity index (χ0n) is 14.4. The van der Waals surface area contributed by atoms with E-state index in [1.165, 1.54) is 88.1 Å². The number of hydrogen-bond acceptors (Lipinski definition) is 3. The molecular weight excluding hydrogens is 270 g/mol. The Balaban J connectivity index is 1.77. The van der Waals surface area contributed by atoms with Crippen molar-refractivity contribution >= 4 is 5.82 Å². The summed E-state index contributed by atoms with van der Waals surface area (Å²) in [5, 5.41) is 0. The predicted molar refractivity (Wildman–Crippen MR) is 93.5 cm³/mol. The topological polar surface area (TPSA) is 19.4 Å². The maximum Gasteiger partial charge on any atom is 0.128 e. The summed E-state index contributed by atoms with van der Waals surface area (Å²) in [6, 6.07) is 2.92. The molecular formula is C19H31N3. The molecule has 2 fully saturated rings. The molecule has 2 aliphatic heterocycles. The van der Waals surface area contributed by atoms with Crippen molar-refractivity contribution in [1.82, 2.24) is 9.88 Å². The second-order valence-electron chi connectivity index (χ2n) is 6.99. The lowest BCUT2D eigenvalue weighted by Crippen LogP contribution is -2.34. The van der Waals surface area contributed by atoms with Crippen LogP contribution in [0.4, 0.5) is 5.82 Å². The molecule has 0 N–H and O–H groups in total. The van der Waals surface area contributed by atoms with Crippen molar-refractivity contribution in [2.75, 3.05) is 31.1 Å². The van der Waals surface area contributed by atoms with Crippen LogP contribution in [-0.2, 0) is 0 Å². The summed E-state index contributed by atoms with van der Waals surface area (Å²) in [5.74, 6) is 1.19. The van der Waals surface area contributed by atoms with Crippen molar-refractivity contribution in [3.63, 3.8) is 0 Å². The molecule has 122 valence electrons. The molecule has 0 saturated carbocycles. The first kappa shape index (κ1) is 15.8. The molecule has 2 aliphatic rings. The first-order chi connectivity index (χ1) is 10.8. The normalized spacial score (nSPS) is 23.2. The van der Waals surface area contributed by atoms with Crippen molar-refractivity contribution in [3.05, 3.63) is 23.4 Å². The van der Waals surface area contributed by atoms with Crippen LogP contribution in [0.15, 0.2) is 12.3 Å². The van der Waals surface area contributed by atoms with Crippen molar-refractivity contribution in [2.24, 2.45) is 0 Å². The van der Waals surface area contributed by atoms with E-state index in [-0.39, 0.29) is 0 Å². The Morgan fingerprint density at radius 3 is 2.64 bits per heavy atom. The van der Waals surface area contributed by atoms with Crippen LogP contribution in [0.3, 0.4) is 0 Å². The van der Waals surface area contributed by atoms with Gasteiger partial charge in [-0.3, -0.25) is 4.90 Å². The summed E-state index contributed by atoms with van der Waals surface area (Å²) in [6.45, 7) is 9.43. The third kappa shape index (κ3) is 3.45. The monoisotopic (exact) mass is 301 g/mol. The largest absolute Gasteiger partial charge is 0.357 e. The first-order valence-electron chi connectivity index (χ1n) is 9.25. The summed E-state index contributed by atoms with van der Waals surface area (Å²) in [7, 11) is 0. The van der Waals surface area contributed by atoms with Gasteiger partial charge in [-0.15, -0.1) is 0 Å². The van der Waals surface area contributed by atoms with Gasteiger partial charge in [0.2, 0.25) is 0 Å². The van der Waals surface area contributed by atoms with Gasteiger partial charge < -0.3 is 4.90 Å². The van der Waals surface area contributed by atoms with Gasteiger partial charge in [-0.2, -0.15) is 0 Å². The van der Waals surface area contributed by atoms with Gasteiger partial charge in [-0.05, 0) is 69.3 Å². The molecule has 0 aromatic carbocycles. The molecule has 1 atom stereocenters. The van der Waals surface area contributed by atoms with Gasteiger partial charge in [0, 0.05) is 25.3 Å². The summed E-state index contributed by atoms with van der Waals surface area (Å²) >= 11 is 0. The lowest BCUT2D eigenvalue weighted by molar-refractivity contribution is 0.146. The number of aryl methyl sites for hydroxylation is 1. The Hall–Kier alpha value is -1.09. The molecule has 22 heavy (non-hydrogen) atoms. The second-order valence-corrected chi connectivity index (χ2v) is 6.99. The minimum absolute atomic E-state index is 0.598. The molecule has 0 unspecified atom stereocenters. The van der Waals surface area contributed by atoms with Gasteiger partial charge in [-0.25, -0.2) is 4.98 Å². The van der Waals surface area contributed by atoms with Crippen molar-refractivity contribution in [2.45, 2.75) is 64.8 Å². The number of pyridine rings is 1. The molecule has 1 aromatic rings. The molecule has 0 radical (unpaired) electrons. The number of rotatable bonds is 5. The molecule has 3 heteroatoms. The highest BCUT2D eigenvalue weighted by atomic mass is 15.2. The molecule has 1 aromatic heterocycles. The summed E-state index contributed by atoms with van der Waals surface area (Å²) in [4.78, 5) is 9.95. The van der Waals surface area contributed by atoms with Gasteiger partial charge in [0.25, 0.3) is 0 Å². The molecule has 3 nitrogen and oxygen atoms in total. The average Bonchev–Trinajstić information content (AvgIpc) is 3.08. The van der Waals surface area contributed by atoms with Crippen molar-refractivity contribution in [1.29, 1.82) is 0 Å². The maximum atomic E-state index is 4.81. The maximum absolute atomic E-state index is 4.81. The number of piperidine rings is 1. The fourth-order valence-electron chi connectivity index (χ4n) is 3.99. The van der Waals surface area contributed by atoms with Gasteiger partial charge >= 0.3 is 0 Å². The Kier molecular flexibility index (Phi) is 5.35. The van der Waals surface area contributed by atoms with E-state index >= 15 is 0 Å². The summed E-state index contributed by atoms with van der Waals surface area (Å²) in [6.07, 6.45) is 11.4. The van der Waals surface area contributed by atoms with E-state index < -0.39 is 0 Å². The van der Waals surface area contributed by atoms with Crippen LogP contribution in [0.1, 0.15) is 69.0 Å². The van der Waals surface area contributed by atoms with Gasteiger partial charge in [-0.1, -0.05) is 19.8 Å². The van der Waals surface area contributed by atoms with Gasteiger partial charge in [0.1, 0.15) is 5.82 Å². The third-order valence-corrected chi connectivity index (χ3v) is 5.34. The molecule has 0 bridgehead atoms. The molecule has 3 rings (SSSR count). The highest BCUT2D eigenvalue weighted by Crippen LogP contribution is 2.33. The summed E-state index contributed by atoms with van der Waals surface area (Å²) < 4.78 is 0. The first-order valence-corrected chi connectivity index (χ1v) is 9.25. The summed E-state index contributed by atoms with van der Waals surface area (Å²) in [5.41, 5.74) is 2.91. The fourth-order valence-corrected chi connectivity index (χ4v) is 3.99. The highest BCUT2D eigenvalue weighted by molar-refractivity contribution is 5.45. The number of anilines is 1. The smallest absolute Gasteiger partial charge is 0.128 e. The van der Waals surface area contributed by atoms with Crippen LogP contribution in [-0.4, -0.2) is 36.1 Å². The minimum atomic E-state index is 0.598. The second kappa shape index (κ2) is 7.45. The van der Waals surface area contributed by atoms with Gasteiger partial charge in [0.05, 0.1) is 0 Å². The number of unbranched alkanes of at least 4 members (excludes halogenated alkanes) is 1. The number of hydrogen-bond donors (Lipinski definition) is 0. The SMILES string of the molecule is CCCCN1CCCC[C@@H]1c1cnc(N2CCCC2)cc1C. The average molecular weight is 301 g/mol. The Morgan fingerprint density at radius 2 is 1.91 bits per heavy atom. The van der Waals surface area contributed by atoms with E-state index in [1.807, 2.05) is 0 Å². The van der Waals surface area contributed by atoms with Crippen LogP contribution in [0, 0.1) is 6.92 Å². The molecule has 0 spiro atoms. The van der Waals surface area contributed by atoms with Crippen LogP contribution in [0.5, 0.6) is 0 Å². The zero-order chi connectivity index (χ0) is 15.4. The quantitative estimate of drug-likeness (QED) is 0.807. The Labute approximate surface area is 135 Å². The van der Waals surface area contributed by atoms with E-state index in [9.17, 15) is 0 Å². The van der Waals surface area contributed by atoms with Crippen LogP contribution in [0.2, 0.25) is 0 Å². The lowest BCUT2D eigenvalue weighted by atomic mass is 9.93. The van der Waals surface area contributed by atoms with Crippen molar-refractivity contribution in [3.8, 4) is 0 Å². The molecule has 3 heterocycles. The van der Waals surface area contributed by atoms with E-state index in [1.54, 1.807) is 0 Å². The Bertz CT molecular complexity index is 480. The van der Waals surface area contributed by atoms with Crippen molar-refractivity contribution < 1.29 is 0 Å². The highest BCUT2D eigenvalue weighted by Gasteiger charge is 2.25. The van der Waals surface area contributed by atoms with Crippen LogP contribution >= 0.6 is 0 Å². The van der Waals surface area contributed by atoms with E-state index in [0.717, 1.165) is 0 Å². The molecule has 0 aliphatic carbocycles. The number of nitrogens with zero attached hydrogens (tertiary/aromatic N) is 3. The number of aromatic nitrogens is 1. The van der Waals surface area contributed by atoms with E-state index in [4.69, 9.17) is 4.98 Å². The lowest BCUT2D eigenvalue weighted by Gasteiger charge is -2.36. The zero-order valence-corrected chi connectivity index (χ0v) is 14.4. The van der Waals surface area contributed by atoms with Crippen LogP contribution < -0.4 is 4.90 Å². The molecule has 0 amide bonds. The van der Waals surface area contributed by atoms with E-state index in [0.29, 0.717) is 6.04 Å². The Morgan fingerprint density at radius 1 is 1.14 bits per heavy atom. The van der Waals surface area contributed by atoms with Crippen LogP contribution in [0.25, 0.3) is 0 Å². The minimum Gasteiger partial charge on any atom is -0.357 e.